The highest BCUT2D eigenvalue weighted by Crippen LogP contribution is 2.38. The molecule has 0 spiro atoms. The summed E-state index contributed by atoms with van der Waals surface area (Å²) in [7, 11) is 0. The second-order valence-corrected chi connectivity index (χ2v) is 11.9. The van der Waals surface area contributed by atoms with E-state index in [1.165, 1.54) is 22.3 Å². The number of esters is 1. The molecule has 0 radical (unpaired) electrons. The highest BCUT2D eigenvalue weighted by atomic mass is 16.6. The molecule has 1 aliphatic heterocycles. The van der Waals surface area contributed by atoms with Gasteiger partial charge in [0.25, 0.3) is 0 Å². The largest absolute Gasteiger partial charge is 0.461 e. The number of likely N-dealkylation sites (tertiary alicyclic amines) is 1. The maximum Gasteiger partial charge on any atom is 0.408 e. The molecule has 3 aromatic rings. The summed E-state index contributed by atoms with van der Waals surface area (Å²) >= 11 is 0. The first-order chi connectivity index (χ1) is 20.7. The molecule has 1 saturated heterocycles. The highest BCUT2D eigenvalue weighted by molar-refractivity contribution is 5.95. The van der Waals surface area contributed by atoms with Crippen LogP contribution < -0.4 is 5.32 Å². The van der Waals surface area contributed by atoms with Crippen molar-refractivity contribution in [2.75, 3.05) is 13.1 Å². The van der Waals surface area contributed by atoms with Gasteiger partial charge in [-0.2, -0.15) is 0 Å². The first kappa shape index (κ1) is 29.8. The van der Waals surface area contributed by atoms with E-state index in [1.807, 2.05) is 42.5 Å². The monoisotopic (exact) mass is 578 g/mol. The van der Waals surface area contributed by atoms with Gasteiger partial charge in [-0.3, -0.25) is 9.59 Å². The van der Waals surface area contributed by atoms with E-state index in [4.69, 9.17) is 9.47 Å². The zero-order valence-electron chi connectivity index (χ0n) is 25.0. The lowest BCUT2D eigenvalue weighted by Gasteiger charge is -2.33. The van der Waals surface area contributed by atoms with Gasteiger partial charge in [-0.15, -0.1) is 0 Å². The Morgan fingerprint density at radius 3 is 1.95 bits per heavy atom. The van der Waals surface area contributed by atoms with E-state index in [2.05, 4.69) is 53.9 Å². The number of nitrogens with zero attached hydrogens (tertiary/aromatic N) is 1. The molecule has 5 rings (SSSR count). The Hall–Kier alpha value is -4.65. The van der Waals surface area contributed by atoms with E-state index < -0.39 is 23.7 Å². The molecule has 2 aliphatic rings. The van der Waals surface area contributed by atoms with Crippen LogP contribution in [0.2, 0.25) is 0 Å². The van der Waals surface area contributed by atoms with Crippen molar-refractivity contribution in [1.82, 2.24) is 10.2 Å². The van der Waals surface area contributed by atoms with E-state index in [-0.39, 0.29) is 18.9 Å². The quantitative estimate of drug-likeness (QED) is 0.260. The lowest BCUT2D eigenvalue weighted by atomic mass is 9.86. The molecule has 0 saturated carbocycles. The summed E-state index contributed by atoms with van der Waals surface area (Å²) in [6.07, 6.45) is 4.64. The van der Waals surface area contributed by atoms with Gasteiger partial charge in [0.1, 0.15) is 18.2 Å². The zero-order chi connectivity index (χ0) is 30.4. The number of amides is 2. The van der Waals surface area contributed by atoms with Crippen LogP contribution in [0.4, 0.5) is 4.79 Å². The fraction of sp³-hybridized carbons (Fsp3) is 0.306. The molecular weight excluding hydrogens is 540 g/mol. The first-order valence-electron chi connectivity index (χ1n) is 14.7. The predicted octanol–water partition coefficient (Wildman–Crippen LogP) is 6.62. The Kier molecular flexibility index (Phi) is 9.10. The summed E-state index contributed by atoms with van der Waals surface area (Å²) in [5.41, 5.74) is 7.28. The minimum atomic E-state index is -1.10. The second kappa shape index (κ2) is 13.1. The number of alkyl carbamates (subject to hydrolysis) is 1. The molecule has 7 nitrogen and oxygen atoms in total. The summed E-state index contributed by atoms with van der Waals surface area (Å²) in [5, 5.41) is 2.64. The SMILES string of the molecule is CC(C)(C)OC(=O)NC(CC(=O)OCc1ccccc1)C(=O)N1CCC(=C2c3ccccc3C=Cc3ccccc32)CC1. The van der Waals surface area contributed by atoms with Gasteiger partial charge in [-0.1, -0.05) is 96.6 Å². The molecule has 1 unspecified atom stereocenters. The van der Waals surface area contributed by atoms with E-state index in [0.717, 1.165) is 16.7 Å². The van der Waals surface area contributed by atoms with Crippen LogP contribution in [0.1, 0.15) is 67.9 Å². The Labute approximate surface area is 253 Å². The number of carbonyl (C=O) groups excluding carboxylic acids is 3. The number of hydrogen-bond donors (Lipinski definition) is 1. The van der Waals surface area contributed by atoms with Crippen molar-refractivity contribution >= 4 is 35.7 Å². The number of carbonyl (C=O) groups is 3. The first-order valence-corrected chi connectivity index (χ1v) is 14.7. The van der Waals surface area contributed by atoms with Crippen LogP contribution in [0, 0.1) is 0 Å². The molecule has 1 aliphatic carbocycles. The maximum atomic E-state index is 13.8. The van der Waals surface area contributed by atoms with E-state index in [9.17, 15) is 14.4 Å². The summed E-state index contributed by atoms with van der Waals surface area (Å²) < 4.78 is 10.8. The third-order valence-electron chi connectivity index (χ3n) is 7.54. The average Bonchev–Trinajstić information content (AvgIpc) is 3.16. The number of fused-ring (bicyclic) bond motifs is 2. The van der Waals surface area contributed by atoms with Crippen LogP contribution >= 0.6 is 0 Å². The summed E-state index contributed by atoms with van der Waals surface area (Å²) in [5.74, 6) is -0.896. The number of nitrogens with one attached hydrogen (secondary N) is 1. The van der Waals surface area contributed by atoms with Crippen molar-refractivity contribution in [3.8, 4) is 0 Å². The predicted molar refractivity (Wildman–Crippen MR) is 168 cm³/mol. The van der Waals surface area contributed by atoms with Gasteiger partial charge in [-0.25, -0.2) is 4.79 Å². The Morgan fingerprint density at radius 2 is 1.37 bits per heavy atom. The molecule has 2 amide bonds. The van der Waals surface area contributed by atoms with Gasteiger partial charge in [-0.05, 0) is 67.0 Å². The van der Waals surface area contributed by atoms with E-state index >= 15 is 0 Å². The van der Waals surface area contributed by atoms with Crippen molar-refractivity contribution in [1.29, 1.82) is 0 Å². The van der Waals surface area contributed by atoms with Gasteiger partial charge in [0.2, 0.25) is 5.91 Å². The normalized spacial score (nSPS) is 15.1. The molecule has 0 aromatic heterocycles. The number of hydrogen-bond acceptors (Lipinski definition) is 5. The Balaban J connectivity index is 1.33. The minimum absolute atomic E-state index is 0.0888. The van der Waals surface area contributed by atoms with Crippen molar-refractivity contribution in [3.63, 3.8) is 0 Å². The summed E-state index contributed by atoms with van der Waals surface area (Å²) in [6, 6.07) is 25.0. The third kappa shape index (κ3) is 7.60. The fourth-order valence-corrected chi connectivity index (χ4v) is 5.53. The van der Waals surface area contributed by atoms with Gasteiger partial charge in [0.05, 0.1) is 6.42 Å². The summed E-state index contributed by atoms with van der Waals surface area (Å²) in [6.45, 7) is 6.27. The van der Waals surface area contributed by atoms with E-state index in [0.29, 0.717) is 25.9 Å². The topological polar surface area (TPSA) is 84.9 Å². The van der Waals surface area contributed by atoms with E-state index in [1.54, 1.807) is 25.7 Å². The molecule has 3 aromatic carbocycles. The molecule has 43 heavy (non-hydrogen) atoms. The smallest absolute Gasteiger partial charge is 0.408 e. The third-order valence-corrected chi connectivity index (χ3v) is 7.54. The van der Waals surface area contributed by atoms with Gasteiger partial charge < -0.3 is 19.7 Å². The molecule has 222 valence electrons. The van der Waals surface area contributed by atoms with Crippen LogP contribution in [-0.4, -0.2) is 47.6 Å². The fourth-order valence-electron chi connectivity index (χ4n) is 5.53. The van der Waals surface area contributed by atoms with Gasteiger partial charge in [0.15, 0.2) is 0 Å². The van der Waals surface area contributed by atoms with Crippen LogP contribution in [-0.2, 0) is 25.7 Å². The number of benzene rings is 3. The molecule has 1 atom stereocenters. The Bertz CT molecular complexity index is 1490. The van der Waals surface area contributed by atoms with Gasteiger partial charge in [0, 0.05) is 13.1 Å². The van der Waals surface area contributed by atoms with Crippen molar-refractivity contribution in [3.05, 3.63) is 112 Å². The van der Waals surface area contributed by atoms with Crippen LogP contribution in [0.25, 0.3) is 17.7 Å². The molecule has 1 N–H and O–H groups in total. The maximum absolute atomic E-state index is 13.8. The average molecular weight is 579 g/mol. The number of piperidine rings is 1. The molecular formula is C36H38N2O5. The highest BCUT2D eigenvalue weighted by Gasteiger charge is 2.33. The van der Waals surface area contributed by atoms with Crippen LogP contribution in [0.5, 0.6) is 0 Å². The number of ether oxygens (including phenoxy) is 2. The lowest BCUT2D eigenvalue weighted by molar-refractivity contribution is -0.148. The lowest BCUT2D eigenvalue weighted by Crippen LogP contribution is -2.52. The van der Waals surface area contributed by atoms with Crippen LogP contribution in [0.3, 0.4) is 0 Å². The van der Waals surface area contributed by atoms with Crippen molar-refractivity contribution < 1.29 is 23.9 Å². The molecule has 1 fully saturated rings. The van der Waals surface area contributed by atoms with Gasteiger partial charge >= 0.3 is 12.1 Å². The second-order valence-electron chi connectivity index (χ2n) is 11.9. The minimum Gasteiger partial charge on any atom is -0.461 e. The summed E-state index contributed by atoms with van der Waals surface area (Å²) in [4.78, 5) is 41.0. The Morgan fingerprint density at radius 1 is 0.814 bits per heavy atom. The zero-order valence-corrected chi connectivity index (χ0v) is 25.0. The number of rotatable bonds is 6. The van der Waals surface area contributed by atoms with Crippen LogP contribution in [0.15, 0.2) is 84.4 Å². The van der Waals surface area contributed by atoms with Crippen molar-refractivity contribution in [2.45, 2.75) is 58.3 Å². The standard InChI is InChI=1S/C36H38N2O5/c1-36(2,3)43-35(41)37-31(23-32(39)42-24-25-11-5-4-6-12-25)34(40)38-21-19-28(20-22-38)33-29-15-9-7-13-26(29)17-18-27-14-8-10-16-30(27)33/h4-18,31H,19-24H2,1-3H3,(H,37,41). The molecule has 1 heterocycles. The molecule has 0 bridgehead atoms. The molecule has 7 heteroatoms. The van der Waals surface area contributed by atoms with Crippen molar-refractivity contribution in [2.24, 2.45) is 0 Å².